The van der Waals surface area contributed by atoms with Crippen molar-refractivity contribution in [3.05, 3.63) is 35.9 Å². The second kappa shape index (κ2) is 7.28. The van der Waals surface area contributed by atoms with E-state index in [9.17, 15) is 13.6 Å². The molecule has 0 fully saturated rings. The molecule has 0 spiro atoms. The molecule has 18 heavy (non-hydrogen) atoms. The summed E-state index contributed by atoms with van der Waals surface area (Å²) in [4.78, 5) is 12.5. The van der Waals surface area contributed by atoms with Crippen molar-refractivity contribution >= 4 is 17.5 Å². The molecule has 1 unspecified atom stereocenters. The predicted molar refractivity (Wildman–Crippen MR) is 64.6 cm³/mol. The largest absolute Gasteiger partial charge is 0.394 e. The van der Waals surface area contributed by atoms with Crippen molar-refractivity contribution in [1.82, 2.24) is 4.90 Å². The molecule has 0 aromatic heterocycles. The molecular formula is C12H14ClF2NO2. The van der Waals surface area contributed by atoms with E-state index in [0.717, 1.165) is 4.90 Å². The van der Waals surface area contributed by atoms with Crippen LogP contribution in [0.25, 0.3) is 0 Å². The van der Waals surface area contributed by atoms with Crippen molar-refractivity contribution in [1.29, 1.82) is 0 Å². The summed E-state index contributed by atoms with van der Waals surface area (Å²) in [5.74, 6) is -1.02. The van der Waals surface area contributed by atoms with E-state index in [1.807, 2.05) is 0 Å². The first-order valence-corrected chi connectivity index (χ1v) is 5.92. The van der Waals surface area contributed by atoms with Crippen molar-refractivity contribution in [3.63, 3.8) is 0 Å². The number of nitrogens with zero attached hydrogens (tertiary/aromatic N) is 1. The Labute approximate surface area is 109 Å². The van der Waals surface area contributed by atoms with Crippen molar-refractivity contribution < 1.29 is 18.7 Å². The van der Waals surface area contributed by atoms with E-state index in [2.05, 4.69) is 0 Å². The summed E-state index contributed by atoms with van der Waals surface area (Å²) in [6.07, 6.45) is -2.81. The van der Waals surface area contributed by atoms with Crippen LogP contribution in [-0.2, 0) is 11.3 Å². The van der Waals surface area contributed by atoms with Gasteiger partial charge in [0.15, 0.2) is 0 Å². The lowest BCUT2D eigenvalue weighted by molar-refractivity contribution is -0.137. The third kappa shape index (κ3) is 3.92. The molecule has 0 heterocycles. The highest BCUT2D eigenvalue weighted by molar-refractivity contribution is 6.27. The van der Waals surface area contributed by atoms with Crippen molar-refractivity contribution in [2.45, 2.75) is 19.0 Å². The summed E-state index contributed by atoms with van der Waals surface area (Å²) >= 11 is 5.40. The number of carbonyl (C=O) groups excluding carboxylic acids is 1. The van der Waals surface area contributed by atoms with Gasteiger partial charge in [0, 0.05) is 6.54 Å². The molecule has 3 nitrogen and oxygen atoms in total. The Bertz CT molecular complexity index is 376. The Balaban J connectivity index is 2.88. The van der Waals surface area contributed by atoms with Crippen LogP contribution in [0, 0.1) is 0 Å². The molecule has 100 valence electrons. The fourth-order valence-corrected chi connectivity index (χ4v) is 1.72. The maximum absolute atomic E-state index is 12.8. The first kappa shape index (κ1) is 14.9. The Morgan fingerprint density at radius 3 is 2.39 bits per heavy atom. The normalized spacial score (nSPS) is 12.5. The van der Waals surface area contributed by atoms with E-state index < -0.39 is 30.9 Å². The summed E-state index contributed by atoms with van der Waals surface area (Å²) in [6.45, 7) is -0.797. The Morgan fingerprint density at radius 2 is 1.94 bits per heavy atom. The van der Waals surface area contributed by atoms with E-state index in [4.69, 9.17) is 16.7 Å². The van der Waals surface area contributed by atoms with Crippen LogP contribution in [0.1, 0.15) is 5.56 Å². The number of aliphatic hydroxyl groups is 1. The fraction of sp³-hybridized carbons (Fsp3) is 0.417. The number of rotatable bonds is 6. The highest BCUT2D eigenvalue weighted by atomic mass is 35.5. The standard InChI is InChI=1S/C12H14ClF2NO2/c13-6-11(18)16(10(8-17)12(14)15)7-9-4-2-1-3-5-9/h1-5,10,12,17H,6-8H2. The number of halogens is 3. The van der Waals surface area contributed by atoms with Crippen LogP contribution in [0.5, 0.6) is 0 Å². The van der Waals surface area contributed by atoms with Gasteiger partial charge in [-0.05, 0) is 5.56 Å². The molecule has 1 aromatic carbocycles. The van der Waals surface area contributed by atoms with Crippen LogP contribution in [0.15, 0.2) is 30.3 Å². The molecule has 1 rings (SSSR count). The Morgan fingerprint density at radius 1 is 1.33 bits per heavy atom. The van der Waals surface area contributed by atoms with Crippen LogP contribution >= 0.6 is 11.6 Å². The van der Waals surface area contributed by atoms with Crippen LogP contribution in [0.3, 0.4) is 0 Å². The van der Waals surface area contributed by atoms with Crippen LogP contribution < -0.4 is 0 Å². The number of amides is 1. The number of carbonyl (C=O) groups is 1. The second-order valence-corrected chi connectivity index (χ2v) is 3.99. The summed E-state index contributed by atoms with van der Waals surface area (Å²) in [6, 6.07) is 7.18. The van der Waals surface area contributed by atoms with Gasteiger partial charge in [-0.2, -0.15) is 0 Å². The van der Waals surface area contributed by atoms with Crippen molar-refractivity contribution in [2.75, 3.05) is 12.5 Å². The summed E-state index contributed by atoms with van der Waals surface area (Å²) in [5, 5.41) is 8.97. The molecular weight excluding hydrogens is 264 g/mol. The fourth-order valence-electron chi connectivity index (χ4n) is 1.56. The molecule has 0 saturated heterocycles. The van der Waals surface area contributed by atoms with Gasteiger partial charge < -0.3 is 10.0 Å². The highest BCUT2D eigenvalue weighted by Gasteiger charge is 2.30. The van der Waals surface area contributed by atoms with Gasteiger partial charge in [0.2, 0.25) is 5.91 Å². The third-order valence-electron chi connectivity index (χ3n) is 2.51. The monoisotopic (exact) mass is 277 g/mol. The number of hydrogen-bond donors (Lipinski definition) is 1. The minimum Gasteiger partial charge on any atom is -0.394 e. The average molecular weight is 278 g/mol. The second-order valence-electron chi connectivity index (χ2n) is 3.73. The lowest BCUT2D eigenvalue weighted by Gasteiger charge is -2.29. The van der Waals surface area contributed by atoms with Gasteiger partial charge in [-0.25, -0.2) is 8.78 Å². The molecule has 1 amide bonds. The molecule has 0 aliphatic heterocycles. The van der Waals surface area contributed by atoms with Gasteiger partial charge in [-0.3, -0.25) is 4.79 Å². The molecule has 0 aliphatic carbocycles. The van der Waals surface area contributed by atoms with Gasteiger partial charge in [-0.1, -0.05) is 30.3 Å². The maximum atomic E-state index is 12.8. The van der Waals surface area contributed by atoms with Gasteiger partial charge >= 0.3 is 0 Å². The first-order chi connectivity index (χ1) is 8.60. The van der Waals surface area contributed by atoms with E-state index in [-0.39, 0.29) is 6.54 Å². The summed E-state index contributed by atoms with van der Waals surface area (Å²) < 4.78 is 25.5. The van der Waals surface area contributed by atoms with E-state index >= 15 is 0 Å². The number of hydrogen-bond acceptors (Lipinski definition) is 2. The zero-order chi connectivity index (χ0) is 13.5. The molecule has 1 aromatic rings. The Kier molecular flexibility index (Phi) is 6.01. The van der Waals surface area contributed by atoms with Gasteiger partial charge in [0.25, 0.3) is 6.43 Å². The number of benzene rings is 1. The van der Waals surface area contributed by atoms with E-state index in [1.54, 1.807) is 30.3 Å². The van der Waals surface area contributed by atoms with Gasteiger partial charge in [-0.15, -0.1) is 11.6 Å². The van der Waals surface area contributed by atoms with Gasteiger partial charge in [0.1, 0.15) is 11.9 Å². The Hall–Kier alpha value is -1.20. The summed E-state index contributed by atoms with van der Waals surface area (Å²) in [5.41, 5.74) is 0.704. The topological polar surface area (TPSA) is 40.5 Å². The molecule has 1 atom stereocenters. The zero-order valence-corrected chi connectivity index (χ0v) is 10.4. The van der Waals surface area contributed by atoms with Crippen LogP contribution in [-0.4, -0.2) is 40.9 Å². The van der Waals surface area contributed by atoms with Crippen molar-refractivity contribution in [2.24, 2.45) is 0 Å². The van der Waals surface area contributed by atoms with Crippen LogP contribution in [0.4, 0.5) is 8.78 Å². The quantitative estimate of drug-likeness (QED) is 0.807. The smallest absolute Gasteiger partial charge is 0.260 e. The first-order valence-electron chi connectivity index (χ1n) is 5.38. The third-order valence-corrected chi connectivity index (χ3v) is 2.74. The average Bonchev–Trinajstić information content (AvgIpc) is 2.38. The molecule has 6 heteroatoms. The molecule has 0 saturated carbocycles. The van der Waals surface area contributed by atoms with Crippen LogP contribution in [0.2, 0.25) is 0 Å². The lowest BCUT2D eigenvalue weighted by atomic mass is 10.1. The lowest BCUT2D eigenvalue weighted by Crippen LogP contribution is -2.46. The number of alkyl halides is 3. The molecule has 0 radical (unpaired) electrons. The predicted octanol–water partition coefficient (Wildman–Crippen LogP) is 1.88. The molecule has 0 aliphatic rings. The van der Waals surface area contributed by atoms with Crippen molar-refractivity contribution in [3.8, 4) is 0 Å². The van der Waals surface area contributed by atoms with E-state index in [1.165, 1.54) is 0 Å². The van der Waals surface area contributed by atoms with E-state index in [0.29, 0.717) is 5.56 Å². The highest BCUT2D eigenvalue weighted by Crippen LogP contribution is 2.15. The molecule has 0 bridgehead atoms. The SMILES string of the molecule is O=C(CCl)N(Cc1ccccc1)C(CO)C(F)F. The summed E-state index contributed by atoms with van der Waals surface area (Å²) in [7, 11) is 0. The van der Waals surface area contributed by atoms with Gasteiger partial charge in [0.05, 0.1) is 6.61 Å². The molecule has 1 N–H and O–H groups in total. The maximum Gasteiger partial charge on any atom is 0.260 e. The number of aliphatic hydroxyl groups excluding tert-OH is 1. The minimum absolute atomic E-state index is 0.00194. The minimum atomic E-state index is -2.81. The zero-order valence-electron chi connectivity index (χ0n) is 9.60.